The minimum atomic E-state index is -0.334. The Bertz CT molecular complexity index is 746. The second kappa shape index (κ2) is 7.14. The summed E-state index contributed by atoms with van der Waals surface area (Å²) in [6, 6.07) is 7.40. The van der Waals surface area contributed by atoms with Crippen LogP contribution in [0.5, 0.6) is 0 Å². The molecule has 1 aromatic carbocycles. The molecule has 0 aliphatic carbocycles. The lowest BCUT2D eigenvalue weighted by molar-refractivity contribution is -0.141. The average molecular weight is 363 g/mol. The van der Waals surface area contributed by atoms with Crippen molar-refractivity contribution in [1.82, 2.24) is 19.9 Å². The van der Waals surface area contributed by atoms with E-state index in [1.807, 2.05) is 43.9 Å². The minimum Gasteiger partial charge on any atom is -0.340 e. The first kappa shape index (κ1) is 17.9. The van der Waals surface area contributed by atoms with Gasteiger partial charge in [-0.3, -0.25) is 9.69 Å². The van der Waals surface area contributed by atoms with Gasteiger partial charge in [0.2, 0.25) is 5.91 Å². The quantitative estimate of drug-likeness (QED) is 0.839. The SMILES string of the molecule is CC(C)(C)C(=O)N1CCN(Cc2noc(-c3ccccc3Cl)n2)CC1. The maximum atomic E-state index is 12.3. The molecule has 134 valence electrons. The van der Waals surface area contributed by atoms with E-state index in [9.17, 15) is 4.79 Å². The summed E-state index contributed by atoms with van der Waals surface area (Å²) >= 11 is 6.17. The zero-order chi connectivity index (χ0) is 18.0. The molecule has 1 aliphatic heterocycles. The van der Waals surface area contributed by atoms with Crippen molar-refractivity contribution in [2.24, 2.45) is 5.41 Å². The van der Waals surface area contributed by atoms with E-state index in [1.165, 1.54) is 0 Å². The molecule has 6 nitrogen and oxygen atoms in total. The molecule has 0 N–H and O–H groups in total. The normalized spacial score (nSPS) is 16.2. The summed E-state index contributed by atoms with van der Waals surface area (Å²) in [5, 5.41) is 4.64. The van der Waals surface area contributed by atoms with Crippen molar-refractivity contribution in [3.63, 3.8) is 0 Å². The van der Waals surface area contributed by atoms with Crippen molar-refractivity contribution in [2.75, 3.05) is 26.2 Å². The van der Waals surface area contributed by atoms with Gasteiger partial charge in [-0.25, -0.2) is 0 Å². The van der Waals surface area contributed by atoms with Gasteiger partial charge in [-0.15, -0.1) is 0 Å². The van der Waals surface area contributed by atoms with E-state index >= 15 is 0 Å². The molecule has 0 radical (unpaired) electrons. The molecule has 1 fully saturated rings. The van der Waals surface area contributed by atoms with Crippen LogP contribution in [0.2, 0.25) is 5.02 Å². The molecule has 7 heteroatoms. The Labute approximate surface area is 152 Å². The van der Waals surface area contributed by atoms with Crippen molar-refractivity contribution in [3.8, 4) is 11.5 Å². The van der Waals surface area contributed by atoms with E-state index in [0.717, 1.165) is 31.7 Å². The number of carbonyl (C=O) groups excluding carboxylic acids is 1. The lowest BCUT2D eigenvalue weighted by Crippen LogP contribution is -2.51. The summed E-state index contributed by atoms with van der Waals surface area (Å²) in [6.07, 6.45) is 0. The van der Waals surface area contributed by atoms with Gasteiger partial charge >= 0.3 is 0 Å². The Hall–Kier alpha value is -1.92. The third-order valence-electron chi connectivity index (χ3n) is 4.24. The van der Waals surface area contributed by atoms with Crippen LogP contribution in [0, 0.1) is 5.41 Å². The van der Waals surface area contributed by atoms with Crippen LogP contribution in [0.1, 0.15) is 26.6 Å². The monoisotopic (exact) mass is 362 g/mol. The Kier molecular flexibility index (Phi) is 5.11. The molecule has 0 saturated carbocycles. The standard InChI is InChI=1S/C18H23ClN4O2/c1-18(2,3)17(24)23-10-8-22(9-11-23)12-15-20-16(25-21-15)13-6-4-5-7-14(13)19/h4-7H,8-12H2,1-3H3. The van der Waals surface area contributed by atoms with Gasteiger partial charge in [0.05, 0.1) is 17.1 Å². The number of hydrogen-bond acceptors (Lipinski definition) is 5. The van der Waals surface area contributed by atoms with Crippen LogP contribution in [0.25, 0.3) is 11.5 Å². The highest BCUT2D eigenvalue weighted by molar-refractivity contribution is 6.33. The lowest BCUT2D eigenvalue weighted by atomic mass is 9.94. The topological polar surface area (TPSA) is 62.5 Å². The van der Waals surface area contributed by atoms with E-state index in [-0.39, 0.29) is 11.3 Å². The summed E-state index contributed by atoms with van der Waals surface area (Å²) in [4.78, 5) is 20.9. The molecule has 1 amide bonds. The van der Waals surface area contributed by atoms with E-state index in [4.69, 9.17) is 16.1 Å². The fraction of sp³-hybridized carbons (Fsp3) is 0.500. The highest BCUT2D eigenvalue weighted by atomic mass is 35.5. The number of halogens is 1. The number of amides is 1. The van der Waals surface area contributed by atoms with Crippen molar-refractivity contribution in [1.29, 1.82) is 0 Å². The molecule has 2 aromatic rings. The lowest BCUT2D eigenvalue weighted by Gasteiger charge is -2.37. The van der Waals surface area contributed by atoms with Gasteiger partial charge < -0.3 is 9.42 Å². The van der Waals surface area contributed by atoms with Crippen LogP contribution < -0.4 is 0 Å². The molecule has 25 heavy (non-hydrogen) atoms. The molecule has 1 aromatic heterocycles. The molecule has 3 rings (SSSR count). The van der Waals surface area contributed by atoms with Gasteiger partial charge in [0, 0.05) is 31.6 Å². The van der Waals surface area contributed by atoms with Gasteiger partial charge in [0.1, 0.15) is 0 Å². The summed E-state index contributed by atoms with van der Waals surface area (Å²) in [6.45, 7) is 9.53. The largest absolute Gasteiger partial charge is 0.340 e. The van der Waals surface area contributed by atoms with Crippen molar-refractivity contribution in [3.05, 3.63) is 35.1 Å². The first-order chi connectivity index (χ1) is 11.8. The van der Waals surface area contributed by atoms with Crippen molar-refractivity contribution < 1.29 is 9.32 Å². The van der Waals surface area contributed by atoms with Gasteiger partial charge in [0.15, 0.2) is 5.82 Å². The van der Waals surface area contributed by atoms with Crippen molar-refractivity contribution in [2.45, 2.75) is 27.3 Å². The Morgan fingerprint density at radius 3 is 2.52 bits per heavy atom. The number of piperazine rings is 1. The smallest absolute Gasteiger partial charge is 0.259 e. The first-order valence-electron chi connectivity index (χ1n) is 8.44. The fourth-order valence-corrected chi connectivity index (χ4v) is 3.06. The molecular formula is C18H23ClN4O2. The van der Waals surface area contributed by atoms with E-state index < -0.39 is 0 Å². The van der Waals surface area contributed by atoms with Crippen LogP contribution in [0.15, 0.2) is 28.8 Å². The molecule has 1 aliphatic rings. The Balaban J connectivity index is 1.58. The minimum absolute atomic E-state index is 0.202. The summed E-state index contributed by atoms with van der Waals surface area (Å²) in [5.74, 6) is 1.26. The molecule has 2 heterocycles. The van der Waals surface area contributed by atoms with Gasteiger partial charge in [-0.05, 0) is 12.1 Å². The molecule has 0 unspecified atom stereocenters. The first-order valence-corrected chi connectivity index (χ1v) is 8.81. The van der Waals surface area contributed by atoms with E-state index in [1.54, 1.807) is 6.07 Å². The summed E-state index contributed by atoms with van der Waals surface area (Å²) < 4.78 is 5.34. The van der Waals surface area contributed by atoms with Crippen LogP contribution in [-0.4, -0.2) is 52.0 Å². The number of benzene rings is 1. The Morgan fingerprint density at radius 1 is 1.20 bits per heavy atom. The zero-order valence-electron chi connectivity index (χ0n) is 14.8. The maximum absolute atomic E-state index is 12.3. The van der Waals surface area contributed by atoms with Gasteiger partial charge in [0.25, 0.3) is 5.89 Å². The third-order valence-corrected chi connectivity index (χ3v) is 4.57. The number of rotatable bonds is 3. The van der Waals surface area contributed by atoms with E-state index in [2.05, 4.69) is 15.0 Å². The number of aromatic nitrogens is 2. The van der Waals surface area contributed by atoms with Crippen LogP contribution in [-0.2, 0) is 11.3 Å². The molecular weight excluding hydrogens is 340 g/mol. The van der Waals surface area contributed by atoms with Crippen molar-refractivity contribution >= 4 is 17.5 Å². The second-order valence-electron chi connectivity index (χ2n) is 7.31. The fourth-order valence-electron chi connectivity index (χ4n) is 2.85. The second-order valence-corrected chi connectivity index (χ2v) is 7.72. The third kappa shape index (κ3) is 4.19. The predicted molar refractivity (Wildman–Crippen MR) is 96.1 cm³/mol. The Morgan fingerprint density at radius 2 is 1.88 bits per heavy atom. The van der Waals surface area contributed by atoms with Crippen LogP contribution in [0.4, 0.5) is 0 Å². The average Bonchev–Trinajstić information content (AvgIpc) is 3.03. The zero-order valence-corrected chi connectivity index (χ0v) is 15.6. The van der Waals surface area contributed by atoms with Gasteiger partial charge in [-0.2, -0.15) is 4.98 Å². The number of carbonyl (C=O) groups is 1. The summed E-state index contributed by atoms with van der Waals surface area (Å²) in [5.41, 5.74) is 0.406. The highest BCUT2D eigenvalue weighted by Crippen LogP contribution is 2.26. The molecule has 1 saturated heterocycles. The number of hydrogen-bond donors (Lipinski definition) is 0. The maximum Gasteiger partial charge on any atom is 0.259 e. The van der Waals surface area contributed by atoms with Crippen LogP contribution >= 0.6 is 11.6 Å². The van der Waals surface area contributed by atoms with Gasteiger partial charge in [-0.1, -0.05) is 49.7 Å². The van der Waals surface area contributed by atoms with Crippen LogP contribution in [0.3, 0.4) is 0 Å². The highest BCUT2D eigenvalue weighted by Gasteiger charge is 2.30. The summed E-state index contributed by atoms with van der Waals surface area (Å²) in [7, 11) is 0. The predicted octanol–water partition coefficient (Wildman–Crippen LogP) is 3.08. The molecule has 0 bridgehead atoms. The van der Waals surface area contributed by atoms with E-state index in [0.29, 0.717) is 23.3 Å². The number of nitrogens with zero attached hydrogens (tertiary/aromatic N) is 4. The molecule has 0 atom stereocenters. The molecule has 0 spiro atoms.